The first-order valence-electron chi connectivity index (χ1n) is 5.98. The molecular weight excluding hydrogens is 252 g/mol. The summed E-state index contributed by atoms with van der Waals surface area (Å²) in [4.78, 5) is 27.3. The average molecular weight is 265 g/mol. The molecule has 0 radical (unpaired) electrons. The zero-order valence-electron chi connectivity index (χ0n) is 9.80. The highest BCUT2D eigenvalue weighted by molar-refractivity contribution is 6.29. The molecule has 1 atom stereocenters. The SMILES string of the molecule is O=C1CC[C@H]2N1Cc1ccccc1N2C(=O)CCl. The third kappa shape index (κ3) is 1.60. The van der Waals surface area contributed by atoms with Gasteiger partial charge in [-0.3, -0.25) is 14.5 Å². The van der Waals surface area contributed by atoms with Crippen molar-refractivity contribution in [1.82, 2.24) is 4.90 Å². The quantitative estimate of drug-likeness (QED) is 0.725. The van der Waals surface area contributed by atoms with Gasteiger partial charge in [-0.15, -0.1) is 11.6 Å². The van der Waals surface area contributed by atoms with Crippen LogP contribution in [0, 0.1) is 0 Å². The first kappa shape index (κ1) is 11.5. The van der Waals surface area contributed by atoms with Gasteiger partial charge in [-0.2, -0.15) is 0 Å². The summed E-state index contributed by atoms with van der Waals surface area (Å²) in [5, 5.41) is 0. The van der Waals surface area contributed by atoms with Crippen LogP contribution in [0.1, 0.15) is 18.4 Å². The molecule has 0 N–H and O–H groups in total. The van der Waals surface area contributed by atoms with Gasteiger partial charge in [0, 0.05) is 13.0 Å². The van der Waals surface area contributed by atoms with Gasteiger partial charge in [-0.05, 0) is 18.1 Å². The second kappa shape index (κ2) is 4.28. The number of nitrogens with zero attached hydrogens (tertiary/aromatic N) is 2. The molecule has 2 aliphatic heterocycles. The van der Waals surface area contributed by atoms with E-state index in [0.717, 1.165) is 11.3 Å². The van der Waals surface area contributed by atoms with Crippen molar-refractivity contribution in [3.63, 3.8) is 0 Å². The summed E-state index contributed by atoms with van der Waals surface area (Å²) in [5.74, 6) is -0.0947. The lowest BCUT2D eigenvalue weighted by Crippen LogP contribution is -2.52. The summed E-state index contributed by atoms with van der Waals surface area (Å²) in [6, 6.07) is 7.69. The van der Waals surface area contributed by atoms with Crippen molar-refractivity contribution in [2.75, 3.05) is 10.8 Å². The van der Waals surface area contributed by atoms with Gasteiger partial charge in [0.15, 0.2) is 0 Å². The molecule has 5 heteroatoms. The van der Waals surface area contributed by atoms with Gasteiger partial charge in [0.1, 0.15) is 12.0 Å². The molecule has 0 spiro atoms. The first-order chi connectivity index (χ1) is 8.72. The number of carbonyl (C=O) groups is 2. The van der Waals surface area contributed by atoms with Gasteiger partial charge in [-0.25, -0.2) is 0 Å². The van der Waals surface area contributed by atoms with Gasteiger partial charge in [0.25, 0.3) is 0 Å². The van der Waals surface area contributed by atoms with E-state index in [1.165, 1.54) is 0 Å². The molecule has 1 aromatic rings. The Kier molecular flexibility index (Phi) is 2.74. The Morgan fingerprint density at radius 3 is 2.94 bits per heavy atom. The van der Waals surface area contributed by atoms with Crippen molar-refractivity contribution in [2.45, 2.75) is 25.6 Å². The summed E-state index contributed by atoms with van der Waals surface area (Å²) in [6.45, 7) is 0.589. The Balaban J connectivity index is 2.08. The number of hydrogen-bond donors (Lipinski definition) is 0. The van der Waals surface area contributed by atoms with Crippen molar-refractivity contribution >= 4 is 29.1 Å². The van der Waals surface area contributed by atoms with E-state index in [1.807, 2.05) is 24.3 Å². The van der Waals surface area contributed by atoms with Crippen LogP contribution in [0.4, 0.5) is 5.69 Å². The van der Waals surface area contributed by atoms with Crippen LogP contribution in [0.2, 0.25) is 0 Å². The number of benzene rings is 1. The molecule has 1 aromatic carbocycles. The van der Waals surface area contributed by atoms with E-state index in [1.54, 1.807) is 9.80 Å². The number of alkyl halides is 1. The van der Waals surface area contributed by atoms with Crippen molar-refractivity contribution in [2.24, 2.45) is 0 Å². The largest absolute Gasteiger partial charge is 0.317 e. The number of halogens is 1. The highest BCUT2D eigenvalue weighted by Gasteiger charge is 2.41. The second-order valence-electron chi connectivity index (χ2n) is 4.57. The molecule has 2 heterocycles. The molecule has 1 fully saturated rings. The number of anilines is 1. The fourth-order valence-electron chi connectivity index (χ4n) is 2.77. The van der Waals surface area contributed by atoms with Crippen molar-refractivity contribution in [3.8, 4) is 0 Å². The van der Waals surface area contributed by atoms with E-state index < -0.39 is 0 Å². The second-order valence-corrected chi connectivity index (χ2v) is 4.83. The Labute approximate surface area is 110 Å². The standard InChI is InChI=1S/C13H13ClN2O2/c14-7-13(18)16-10-4-2-1-3-9(10)8-15-11(16)5-6-12(15)17/h1-4,11H,5-8H2/t11-/m0/s1. The topological polar surface area (TPSA) is 40.6 Å². The van der Waals surface area contributed by atoms with Crippen LogP contribution in [-0.2, 0) is 16.1 Å². The Bertz CT molecular complexity index is 517. The predicted octanol–water partition coefficient (Wildman–Crippen LogP) is 1.72. The molecule has 2 amide bonds. The van der Waals surface area contributed by atoms with E-state index in [0.29, 0.717) is 19.4 Å². The first-order valence-corrected chi connectivity index (χ1v) is 6.51. The number of hydrogen-bond acceptors (Lipinski definition) is 2. The van der Waals surface area contributed by atoms with Crippen molar-refractivity contribution in [1.29, 1.82) is 0 Å². The zero-order chi connectivity index (χ0) is 12.7. The molecule has 94 valence electrons. The summed E-state index contributed by atoms with van der Waals surface area (Å²) in [5.41, 5.74) is 1.89. The van der Waals surface area contributed by atoms with Crippen molar-refractivity contribution in [3.05, 3.63) is 29.8 Å². The van der Waals surface area contributed by atoms with Crippen LogP contribution in [0.15, 0.2) is 24.3 Å². The maximum absolute atomic E-state index is 12.0. The lowest BCUT2D eigenvalue weighted by Gasteiger charge is -2.40. The van der Waals surface area contributed by atoms with E-state index in [4.69, 9.17) is 11.6 Å². The highest BCUT2D eigenvalue weighted by Crippen LogP contribution is 2.36. The molecule has 1 saturated heterocycles. The Hall–Kier alpha value is -1.55. The smallest absolute Gasteiger partial charge is 0.243 e. The predicted molar refractivity (Wildman–Crippen MR) is 68.2 cm³/mol. The van der Waals surface area contributed by atoms with Crippen LogP contribution >= 0.6 is 11.6 Å². The molecule has 0 aromatic heterocycles. The normalized spacial score (nSPS) is 21.8. The van der Waals surface area contributed by atoms with Crippen LogP contribution < -0.4 is 4.90 Å². The minimum Gasteiger partial charge on any atom is -0.317 e. The summed E-state index contributed by atoms with van der Waals surface area (Å²) >= 11 is 5.68. The molecule has 0 unspecified atom stereocenters. The minimum absolute atomic E-state index is 0.0626. The molecule has 2 aliphatic rings. The Morgan fingerprint density at radius 1 is 1.39 bits per heavy atom. The summed E-state index contributed by atoms with van der Waals surface area (Å²) < 4.78 is 0. The van der Waals surface area contributed by atoms with E-state index in [9.17, 15) is 9.59 Å². The highest BCUT2D eigenvalue weighted by atomic mass is 35.5. The van der Waals surface area contributed by atoms with E-state index in [2.05, 4.69) is 0 Å². The molecule has 18 heavy (non-hydrogen) atoms. The van der Waals surface area contributed by atoms with Crippen LogP contribution in [0.25, 0.3) is 0 Å². The number of rotatable bonds is 1. The average Bonchev–Trinajstić information content (AvgIpc) is 2.77. The molecular formula is C13H13ClN2O2. The number of fused-ring (bicyclic) bond motifs is 2. The fraction of sp³-hybridized carbons (Fsp3) is 0.385. The molecule has 4 nitrogen and oxygen atoms in total. The van der Waals surface area contributed by atoms with Crippen molar-refractivity contribution < 1.29 is 9.59 Å². The number of carbonyl (C=O) groups excluding carboxylic acids is 2. The maximum Gasteiger partial charge on any atom is 0.243 e. The van der Waals surface area contributed by atoms with Gasteiger partial charge in [0.05, 0.1) is 5.69 Å². The number of amides is 2. The van der Waals surface area contributed by atoms with Gasteiger partial charge in [0.2, 0.25) is 11.8 Å². The van der Waals surface area contributed by atoms with E-state index in [-0.39, 0.29) is 23.9 Å². The number of para-hydroxylation sites is 1. The van der Waals surface area contributed by atoms with Gasteiger partial charge < -0.3 is 4.90 Å². The summed E-state index contributed by atoms with van der Waals surface area (Å²) in [7, 11) is 0. The Morgan fingerprint density at radius 2 is 2.17 bits per heavy atom. The van der Waals surface area contributed by atoms with E-state index >= 15 is 0 Å². The maximum atomic E-state index is 12.0. The van der Waals surface area contributed by atoms with Gasteiger partial charge >= 0.3 is 0 Å². The third-order valence-corrected chi connectivity index (χ3v) is 3.80. The van der Waals surface area contributed by atoms with Crippen LogP contribution in [0.5, 0.6) is 0 Å². The third-order valence-electron chi connectivity index (χ3n) is 3.57. The molecule has 0 bridgehead atoms. The van der Waals surface area contributed by atoms with Crippen LogP contribution in [-0.4, -0.2) is 28.8 Å². The molecule has 3 rings (SSSR count). The lowest BCUT2D eigenvalue weighted by molar-refractivity contribution is -0.130. The molecule has 0 saturated carbocycles. The fourth-order valence-corrected chi connectivity index (χ4v) is 2.90. The minimum atomic E-state index is -0.154. The zero-order valence-corrected chi connectivity index (χ0v) is 10.6. The van der Waals surface area contributed by atoms with Gasteiger partial charge in [-0.1, -0.05) is 18.2 Å². The van der Waals surface area contributed by atoms with Crippen LogP contribution in [0.3, 0.4) is 0 Å². The monoisotopic (exact) mass is 264 g/mol. The summed E-state index contributed by atoms with van der Waals surface area (Å²) in [6.07, 6.45) is 1.04. The lowest BCUT2D eigenvalue weighted by atomic mass is 10.1. The molecule has 0 aliphatic carbocycles.